The van der Waals surface area contributed by atoms with Gasteiger partial charge >= 0.3 is 0 Å². The van der Waals surface area contributed by atoms with Crippen LogP contribution < -0.4 is 5.43 Å². The SMILES string of the molecule is COCC1=Cc2ccccc2/C1=N/Nc1ccccc1. The van der Waals surface area contributed by atoms with E-state index in [4.69, 9.17) is 4.74 Å². The molecule has 1 N–H and O–H groups in total. The summed E-state index contributed by atoms with van der Waals surface area (Å²) in [6.07, 6.45) is 2.13. The molecule has 0 aliphatic heterocycles. The fourth-order valence-corrected chi connectivity index (χ4v) is 2.30. The van der Waals surface area contributed by atoms with Gasteiger partial charge in [-0.2, -0.15) is 5.10 Å². The molecule has 100 valence electrons. The van der Waals surface area contributed by atoms with Crippen molar-refractivity contribution < 1.29 is 4.74 Å². The highest BCUT2D eigenvalue weighted by molar-refractivity contribution is 6.21. The van der Waals surface area contributed by atoms with Gasteiger partial charge in [-0.05, 0) is 23.8 Å². The number of fused-ring (bicyclic) bond motifs is 1. The first-order valence-electron chi connectivity index (χ1n) is 6.56. The number of hydrazone groups is 1. The monoisotopic (exact) mass is 264 g/mol. The van der Waals surface area contributed by atoms with Crippen molar-refractivity contribution in [2.24, 2.45) is 5.10 Å². The number of hydrogen-bond donors (Lipinski definition) is 1. The molecule has 2 aromatic carbocycles. The van der Waals surface area contributed by atoms with E-state index >= 15 is 0 Å². The van der Waals surface area contributed by atoms with Crippen molar-refractivity contribution in [3.63, 3.8) is 0 Å². The third-order valence-corrected chi connectivity index (χ3v) is 3.22. The average Bonchev–Trinajstić information content (AvgIpc) is 2.84. The van der Waals surface area contributed by atoms with Gasteiger partial charge < -0.3 is 4.74 Å². The molecule has 0 atom stereocenters. The van der Waals surface area contributed by atoms with E-state index in [1.165, 1.54) is 5.56 Å². The second-order valence-electron chi connectivity index (χ2n) is 4.63. The van der Waals surface area contributed by atoms with Crippen molar-refractivity contribution in [3.8, 4) is 0 Å². The van der Waals surface area contributed by atoms with Crippen molar-refractivity contribution in [2.75, 3.05) is 19.1 Å². The summed E-state index contributed by atoms with van der Waals surface area (Å²) in [6, 6.07) is 18.2. The van der Waals surface area contributed by atoms with Gasteiger partial charge in [0.25, 0.3) is 0 Å². The molecule has 0 bridgehead atoms. The number of benzene rings is 2. The number of hydrogen-bond acceptors (Lipinski definition) is 3. The van der Waals surface area contributed by atoms with Crippen LogP contribution in [0.5, 0.6) is 0 Å². The summed E-state index contributed by atoms with van der Waals surface area (Å²) in [6.45, 7) is 0.560. The lowest BCUT2D eigenvalue weighted by Gasteiger charge is -2.07. The number of rotatable bonds is 4. The van der Waals surface area contributed by atoms with Gasteiger partial charge in [-0.3, -0.25) is 5.43 Å². The van der Waals surface area contributed by atoms with Crippen molar-refractivity contribution in [1.29, 1.82) is 0 Å². The van der Waals surface area contributed by atoms with Crippen LogP contribution in [0.1, 0.15) is 11.1 Å². The molecule has 0 aromatic heterocycles. The number of para-hydroxylation sites is 1. The number of nitrogens with zero attached hydrogens (tertiary/aromatic N) is 1. The lowest BCUT2D eigenvalue weighted by atomic mass is 10.1. The van der Waals surface area contributed by atoms with Crippen LogP contribution >= 0.6 is 0 Å². The molecule has 1 aliphatic carbocycles. The highest BCUT2D eigenvalue weighted by atomic mass is 16.5. The van der Waals surface area contributed by atoms with E-state index in [2.05, 4.69) is 28.7 Å². The van der Waals surface area contributed by atoms with Crippen LogP contribution in [-0.2, 0) is 4.74 Å². The largest absolute Gasteiger partial charge is 0.380 e. The van der Waals surface area contributed by atoms with E-state index in [-0.39, 0.29) is 0 Å². The molecule has 1 aliphatic rings. The zero-order chi connectivity index (χ0) is 13.8. The number of anilines is 1. The molecule has 2 aromatic rings. The van der Waals surface area contributed by atoms with Crippen molar-refractivity contribution in [3.05, 3.63) is 71.3 Å². The van der Waals surface area contributed by atoms with Crippen LogP contribution in [0.2, 0.25) is 0 Å². The molecule has 3 rings (SSSR count). The van der Waals surface area contributed by atoms with Crippen LogP contribution in [0, 0.1) is 0 Å². The number of ether oxygens (including phenoxy) is 1. The van der Waals surface area contributed by atoms with Gasteiger partial charge in [-0.1, -0.05) is 42.5 Å². The lowest BCUT2D eigenvalue weighted by Crippen LogP contribution is -2.08. The minimum atomic E-state index is 0.560. The molecule has 20 heavy (non-hydrogen) atoms. The Morgan fingerprint density at radius 2 is 1.75 bits per heavy atom. The Hall–Kier alpha value is -2.39. The molecule has 0 amide bonds. The molecule has 3 nitrogen and oxygen atoms in total. The van der Waals surface area contributed by atoms with Gasteiger partial charge in [0.2, 0.25) is 0 Å². The van der Waals surface area contributed by atoms with Crippen LogP contribution in [0.3, 0.4) is 0 Å². The lowest BCUT2D eigenvalue weighted by molar-refractivity contribution is 0.230. The highest BCUT2D eigenvalue weighted by Gasteiger charge is 2.19. The Labute approximate surface area is 118 Å². The summed E-state index contributed by atoms with van der Waals surface area (Å²) in [7, 11) is 1.70. The van der Waals surface area contributed by atoms with Gasteiger partial charge in [0, 0.05) is 18.2 Å². The van der Waals surface area contributed by atoms with Crippen LogP contribution in [-0.4, -0.2) is 19.4 Å². The van der Waals surface area contributed by atoms with Crippen LogP contribution in [0.25, 0.3) is 6.08 Å². The molecule has 0 spiro atoms. The van der Waals surface area contributed by atoms with Crippen LogP contribution in [0.4, 0.5) is 5.69 Å². The Morgan fingerprint density at radius 3 is 2.55 bits per heavy atom. The molecular weight excluding hydrogens is 248 g/mol. The third-order valence-electron chi connectivity index (χ3n) is 3.22. The first kappa shape index (κ1) is 12.6. The van der Waals surface area contributed by atoms with E-state index in [1.54, 1.807) is 7.11 Å². The normalized spacial score (nSPS) is 15.1. The van der Waals surface area contributed by atoms with Gasteiger partial charge in [-0.25, -0.2) is 0 Å². The first-order valence-corrected chi connectivity index (χ1v) is 6.56. The smallest absolute Gasteiger partial charge is 0.0967 e. The maximum Gasteiger partial charge on any atom is 0.0967 e. The standard InChI is InChI=1S/C17H16N2O/c1-20-12-14-11-13-7-5-6-10-16(13)17(14)19-18-15-8-3-2-4-9-15/h2-11,18H,12H2,1H3/b19-17+. The van der Waals surface area contributed by atoms with Gasteiger partial charge in [0.15, 0.2) is 0 Å². The van der Waals surface area contributed by atoms with E-state index in [1.807, 2.05) is 42.5 Å². The van der Waals surface area contributed by atoms with E-state index in [0.717, 1.165) is 22.5 Å². The molecule has 0 heterocycles. The van der Waals surface area contributed by atoms with Gasteiger partial charge in [0.1, 0.15) is 0 Å². The van der Waals surface area contributed by atoms with Crippen molar-refractivity contribution in [2.45, 2.75) is 0 Å². The summed E-state index contributed by atoms with van der Waals surface area (Å²) in [4.78, 5) is 0. The van der Waals surface area contributed by atoms with Gasteiger partial charge in [-0.15, -0.1) is 0 Å². The van der Waals surface area contributed by atoms with Crippen molar-refractivity contribution >= 4 is 17.5 Å². The Bertz CT molecular complexity index is 660. The quantitative estimate of drug-likeness (QED) is 0.857. The molecular formula is C17H16N2O. The van der Waals surface area contributed by atoms with Gasteiger partial charge in [0.05, 0.1) is 18.0 Å². The molecule has 3 heteroatoms. The summed E-state index contributed by atoms with van der Waals surface area (Å²) >= 11 is 0. The Kier molecular flexibility index (Phi) is 3.61. The molecule has 0 fully saturated rings. The predicted octanol–water partition coefficient (Wildman–Crippen LogP) is 3.55. The van der Waals surface area contributed by atoms with Crippen LogP contribution in [0.15, 0.2) is 65.3 Å². The van der Waals surface area contributed by atoms with E-state index < -0.39 is 0 Å². The van der Waals surface area contributed by atoms with E-state index in [0.29, 0.717) is 6.61 Å². The van der Waals surface area contributed by atoms with E-state index in [9.17, 15) is 0 Å². The molecule has 0 unspecified atom stereocenters. The fourth-order valence-electron chi connectivity index (χ4n) is 2.30. The fraction of sp³-hybridized carbons (Fsp3) is 0.118. The second-order valence-corrected chi connectivity index (χ2v) is 4.63. The second kappa shape index (κ2) is 5.72. The zero-order valence-corrected chi connectivity index (χ0v) is 11.3. The number of methoxy groups -OCH3 is 1. The summed E-state index contributed by atoms with van der Waals surface area (Å²) in [5.74, 6) is 0. The minimum Gasteiger partial charge on any atom is -0.380 e. The molecule has 0 saturated heterocycles. The molecule has 0 saturated carbocycles. The first-order chi connectivity index (χ1) is 9.88. The maximum absolute atomic E-state index is 5.26. The summed E-state index contributed by atoms with van der Waals surface area (Å²) in [5, 5.41) is 4.55. The maximum atomic E-state index is 5.26. The predicted molar refractivity (Wildman–Crippen MR) is 82.9 cm³/mol. The summed E-state index contributed by atoms with van der Waals surface area (Å²) in [5.41, 5.74) is 8.46. The third kappa shape index (κ3) is 2.49. The topological polar surface area (TPSA) is 33.6 Å². The molecule has 0 radical (unpaired) electrons. The number of nitrogens with one attached hydrogen (secondary N) is 1. The zero-order valence-electron chi connectivity index (χ0n) is 11.3. The highest BCUT2D eigenvalue weighted by Crippen LogP contribution is 2.25. The average molecular weight is 264 g/mol. The summed E-state index contributed by atoms with van der Waals surface area (Å²) < 4.78 is 5.26. The van der Waals surface area contributed by atoms with Crippen molar-refractivity contribution in [1.82, 2.24) is 0 Å². The Morgan fingerprint density at radius 1 is 1.00 bits per heavy atom. The Balaban J connectivity index is 1.91. The minimum absolute atomic E-state index is 0.560.